The SMILES string of the molecule is O=C(O[C@H](Cc1ccc(Br)c(Br)c1)C(=O)N1CCC(N2CCCCCC2)CC1)N1CCC(N2CCc3ccccc3NC2=O)CC1. The number of hydrogen-bond donors (Lipinski definition) is 1. The molecule has 3 saturated heterocycles. The molecule has 2 aromatic carbocycles. The Balaban J connectivity index is 1.07. The molecule has 4 aliphatic heterocycles. The van der Waals surface area contributed by atoms with E-state index in [1.165, 1.54) is 25.7 Å². The highest BCUT2D eigenvalue weighted by Gasteiger charge is 2.36. The van der Waals surface area contributed by atoms with Crippen molar-refractivity contribution in [2.75, 3.05) is 51.1 Å². The number of carbonyl (C=O) groups is 3. The fourth-order valence-corrected chi connectivity index (χ4v) is 8.14. The van der Waals surface area contributed by atoms with Crippen molar-refractivity contribution in [2.45, 2.75) is 82.4 Å². The van der Waals surface area contributed by atoms with Crippen molar-refractivity contribution >= 4 is 55.6 Å². The van der Waals surface area contributed by atoms with Crippen LogP contribution in [0.25, 0.3) is 0 Å². The van der Waals surface area contributed by atoms with Crippen molar-refractivity contribution in [3.05, 3.63) is 62.5 Å². The average Bonchev–Trinajstić information content (AvgIpc) is 3.45. The maximum Gasteiger partial charge on any atom is 0.410 e. The first-order valence-corrected chi connectivity index (χ1v) is 18.5. The monoisotopic (exact) mass is 757 g/mol. The number of piperidine rings is 2. The number of para-hydroxylation sites is 1. The number of amides is 4. The van der Waals surface area contributed by atoms with Crippen molar-refractivity contribution in [2.24, 2.45) is 0 Å². The molecule has 0 bridgehead atoms. The van der Waals surface area contributed by atoms with Gasteiger partial charge < -0.3 is 29.7 Å². The van der Waals surface area contributed by atoms with E-state index in [1.54, 1.807) is 4.90 Å². The number of rotatable bonds is 6. The largest absolute Gasteiger partial charge is 0.436 e. The zero-order valence-electron chi connectivity index (χ0n) is 26.5. The third-order valence-corrected chi connectivity index (χ3v) is 12.0. The van der Waals surface area contributed by atoms with Crippen LogP contribution >= 0.6 is 31.9 Å². The maximum absolute atomic E-state index is 14.0. The summed E-state index contributed by atoms with van der Waals surface area (Å²) in [6, 6.07) is 14.3. The second-order valence-electron chi connectivity index (χ2n) is 13.1. The molecule has 4 amide bonds. The summed E-state index contributed by atoms with van der Waals surface area (Å²) in [5.74, 6) is -0.114. The molecule has 1 N–H and O–H groups in total. The van der Waals surface area contributed by atoms with Crippen molar-refractivity contribution in [1.82, 2.24) is 19.6 Å². The van der Waals surface area contributed by atoms with Crippen LogP contribution in [0.5, 0.6) is 0 Å². The number of halogens is 2. The number of hydrogen-bond acceptors (Lipinski definition) is 5. The molecule has 0 aliphatic carbocycles. The Morgan fingerprint density at radius 2 is 1.48 bits per heavy atom. The van der Waals surface area contributed by atoms with E-state index in [4.69, 9.17) is 4.74 Å². The number of anilines is 1. The van der Waals surface area contributed by atoms with Crippen molar-refractivity contribution in [1.29, 1.82) is 0 Å². The second kappa shape index (κ2) is 15.5. The van der Waals surface area contributed by atoms with E-state index in [0.29, 0.717) is 58.0 Å². The minimum Gasteiger partial charge on any atom is -0.436 e. The summed E-state index contributed by atoms with van der Waals surface area (Å²) in [7, 11) is 0. The van der Waals surface area contributed by atoms with Crippen LogP contribution in [0.2, 0.25) is 0 Å². The van der Waals surface area contributed by atoms with Crippen LogP contribution < -0.4 is 5.32 Å². The van der Waals surface area contributed by atoms with Crippen LogP contribution in [0.4, 0.5) is 15.3 Å². The lowest BCUT2D eigenvalue weighted by Gasteiger charge is -2.40. The van der Waals surface area contributed by atoms with E-state index < -0.39 is 12.2 Å². The van der Waals surface area contributed by atoms with Gasteiger partial charge in [0.1, 0.15) is 0 Å². The van der Waals surface area contributed by atoms with Gasteiger partial charge in [-0.1, -0.05) is 37.1 Å². The quantitative estimate of drug-likeness (QED) is 0.356. The zero-order chi connectivity index (χ0) is 32.0. The summed E-state index contributed by atoms with van der Waals surface area (Å²) in [6.07, 6.45) is 8.15. The van der Waals surface area contributed by atoms with Gasteiger partial charge in [-0.05, 0) is 119 Å². The molecule has 4 heterocycles. The maximum atomic E-state index is 14.0. The summed E-state index contributed by atoms with van der Waals surface area (Å²) >= 11 is 7.10. The average molecular weight is 760 g/mol. The summed E-state index contributed by atoms with van der Waals surface area (Å²) in [5, 5.41) is 3.06. The Morgan fingerprint density at radius 3 is 2.20 bits per heavy atom. The summed E-state index contributed by atoms with van der Waals surface area (Å²) < 4.78 is 7.89. The molecule has 9 nitrogen and oxygen atoms in total. The van der Waals surface area contributed by atoms with Crippen LogP contribution in [0.1, 0.15) is 62.5 Å². The van der Waals surface area contributed by atoms with Gasteiger partial charge in [-0.2, -0.15) is 0 Å². The minimum atomic E-state index is -0.900. The van der Waals surface area contributed by atoms with Gasteiger partial charge in [0.05, 0.1) is 0 Å². The van der Waals surface area contributed by atoms with Crippen molar-refractivity contribution < 1.29 is 19.1 Å². The van der Waals surface area contributed by atoms with E-state index in [1.807, 2.05) is 46.2 Å². The van der Waals surface area contributed by atoms with Crippen LogP contribution in [0.3, 0.4) is 0 Å². The number of fused-ring (bicyclic) bond motifs is 1. The van der Waals surface area contributed by atoms with Gasteiger partial charge in [-0.25, -0.2) is 9.59 Å². The predicted octanol–water partition coefficient (Wildman–Crippen LogP) is 6.68. The molecular weight excluding hydrogens is 714 g/mol. The van der Waals surface area contributed by atoms with Crippen LogP contribution in [0.15, 0.2) is 51.4 Å². The Morgan fingerprint density at radius 1 is 0.804 bits per heavy atom. The van der Waals surface area contributed by atoms with Gasteiger partial charge in [-0.3, -0.25) is 4.79 Å². The number of likely N-dealkylation sites (tertiary alicyclic amines) is 3. The van der Waals surface area contributed by atoms with Crippen molar-refractivity contribution in [3.8, 4) is 0 Å². The minimum absolute atomic E-state index is 0.0430. The number of nitrogens with one attached hydrogen (secondary N) is 1. The molecule has 0 saturated carbocycles. The smallest absolute Gasteiger partial charge is 0.410 e. The molecule has 3 fully saturated rings. The molecule has 1 atom stereocenters. The second-order valence-corrected chi connectivity index (χ2v) is 14.8. The van der Waals surface area contributed by atoms with Crippen LogP contribution in [-0.4, -0.2) is 102 Å². The van der Waals surface area contributed by atoms with Gasteiger partial charge >= 0.3 is 12.1 Å². The van der Waals surface area contributed by atoms with Crippen LogP contribution in [0, 0.1) is 0 Å². The van der Waals surface area contributed by atoms with Gasteiger partial charge in [0.2, 0.25) is 0 Å². The molecule has 6 rings (SSSR count). The van der Waals surface area contributed by atoms with E-state index in [9.17, 15) is 14.4 Å². The fourth-order valence-electron chi connectivity index (χ4n) is 7.47. The third-order valence-electron chi connectivity index (χ3n) is 10.2. The normalized spacial score (nSPS) is 21.2. The molecular formula is C35H45Br2N5O4. The van der Waals surface area contributed by atoms with Crippen molar-refractivity contribution in [3.63, 3.8) is 0 Å². The Bertz CT molecular complexity index is 1380. The zero-order valence-corrected chi connectivity index (χ0v) is 29.6. The predicted molar refractivity (Wildman–Crippen MR) is 186 cm³/mol. The summed E-state index contributed by atoms with van der Waals surface area (Å²) in [5.41, 5.74) is 2.93. The number of urea groups is 1. The molecule has 4 aliphatic rings. The highest BCUT2D eigenvalue weighted by Crippen LogP contribution is 2.28. The topological polar surface area (TPSA) is 85.4 Å². The summed E-state index contributed by atoms with van der Waals surface area (Å²) in [4.78, 5) is 48.8. The lowest BCUT2D eigenvalue weighted by Crippen LogP contribution is -2.52. The molecule has 11 heteroatoms. The van der Waals surface area contributed by atoms with E-state index in [2.05, 4.69) is 48.1 Å². The highest BCUT2D eigenvalue weighted by atomic mass is 79.9. The molecule has 0 aromatic heterocycles. The Labute approximate surface area is 289 Å². The first-order valence-electron chi connectivity index (χ1n) is 16.9. The first-order chi connectivity index (χ1) is 22.4. The molecule has 0 spiro atoms. The number of carbonyl (C=O) groups excluding carboxylic acids is 3. The number of ether oxygens (including phenoxy) is 1. The number of nitrogens with zero attached hydrogens (tertiary/aromatic N) is 4. The van der Waals surface area contributed by atoms with Gasteiger partial charge in [0.15, 0.2) is 6.10 Å². The molecule has 0 radical (unpaired) electrons. The van der Waals surface area contributed by atoms with Gasteiger partial charge in [0, 0.05) is 65.9 Å². The lowest BCUT2D eigenvalue weighted by atomic mass is 10.0. The molecule has 0 unspecified atom stereocenters. The van der Waals surface area contributed by atoms with E-state index in [0.717, 1.165) is 58.1 Å². The molecule has 248 valence electrons. The van der Waals surface area contributed by atoms with E-state index in [-0.39, 0.29) is 18.0 Å². The highest BCUT2D eigenvalue weighted by molar-refractivity contribution is 9.13. The molecule has 46 heavy (non-hydrogen) atoms. The van der Waals surface area contributed by atoms with Gasteiger partial charge in [-0.15, -0.1) is 0 Å². The fraction of sp³-hybridized carbons (Fsp3) is 0.571. The van der Waals surface area contributed by atoms with E-state index >= 15 is 0 Å². The Kier molecular flexibility index (Phi) is 11.2. The Hall–Kier alpha value is -2.63. The third kappa shape index (κ3) is 8.08. The standard InChI is InChI=1S/C35H45Br2N5O4/c36-29-10-9-25(23-30(29)37)24-32(33(43)40-18-12-27(13-19-40)39-16-5-1-2-6-17-39)46-35(45)41-20-14-28(15-21-41)42-22-11-26-7-3-4-8-31(26)38-34(42)44/h3-4,7-10,23,27-28,32H,1-2,5-6,11-22,24H2,(H,38,44)/t32-/m1/s1. The first kappa shape index (κ1) is 33.3. The van der Waals surface area contributed by atoms with Crippen LogP contribution in [-0.2, 0) is 22.4 Å². The lowest BCUT2D eigenvalue weighted by molar-refractivity contribution is -0.142. The summed E-state index contributed by atoms with van der Waals surface area (Å²) in [6.45, 7) is 5.29. The van der Waals surface area contributed by atoms with Gasteiger partial charge in [0.25, 0.3) is 5.91 Å². The molecule has 2 aromatic rings. The number of benzene rings is 2.